The summed E-state index contributed by atoms with van der Waals surface area (Å²) >= 11 is 1.41. The van der Waals surface area contributed by atoms with Crippen LogP contribution in [0.4, 0.5) is 5.69 Å². The third-order valence-electron chi connectivity index (χ3n) is 4.17. The normalized spacial score (nSPS) is 10.3. The van der Waals surface area contributed by atoms with Gasteiger partial charge in [-0.1, -0.05) is 36.4 Å². The molecule has 0 bridgehead atoms. The summed E-state index contributed by atoms with van der Waals surface area (Å²) in [6.45, 7) is 0. The predicted molar refractivity (Wildman–Crippen MR) is 108 cm³/mol. The van der Waals surface area contributed by atoms with Crippen LogP contribution in [0.3, 0.4) is 0 Å². The van der Waals surface area contributed by atoms with Crippen molar-refractivity contribution >= 4 is 22.9 Å². The average molecular weight is 369 g/mol. The van der Waals surface area contributed by atoms with Crippen molar-refractivity contribution in [3.63, 3.8) is 0 Å². The molecule has 0 saturated heterocycles. The topological polar surface area (TPSA) is 57.8 Å². The Morgan fingerprint density at radius 3 is 2.52 bits per heavy atom. The highest BCUT2D eigenvalue weighted by Crippen LogP contribution is 2.35. The summed E-state index contributed by atoms with van der Waals surface area (Å²) in [4.78, 5) is 13.6. The number of benzene rings is 2. The van der Waals surface area contributed by atoms with Crippen LogP contribution < -0.4 is 5.32 Å². The first-order valence-electron chi connectivity index (χ1n) is 8.38. The first-order valence-corrected chi connectivity index (χ1v) is 9.26. The van der Waals surface area contributed by atoms with Gasteiger partial charge in [0.05, 0.1) is 17.3 Å². The Kier molecular flexibility index (Phi) is 4.56. The molecule has 0 saturated carbocycles. The number of aromatic nitrogens is 1. The van der Waals surface area contributed by atoms with Crippen molar-refractivity contribution < 1.29 is 4.79 Å². The van der Waals surface area contributed by atoms with Gasteiger partial charge < -0.3 is 9.88 Å². The Morgan fingerprint density at radius 2 is 1.78 bits per heavy atom. The second-order valence-corrected chi connectivity index (χ2v) is 6.81. The summed E-state index contributed by atoms with van der Waals surface area (Å²) < 4.78 is 1.96. The van der Waals surface area contributed by atoms with Crippen LogP contribution in [0.2, 0.25) is 0 Å². The highest BCUT2D eigenvalue weighted by Gasteiger charge is 2.20. The van der Waals surface area contributed by atoms with Crippen molar-refractivity contribution in [3.05, 3.63) is 94.9 Å². The molecular formula is C22H15N3OS. The van der Waals surface area contributed by atoms with E-state index in [2.05, 4.69) is 11.4 Å². The molecule has 0 radical (unpaired) electrons. The molecule has 1 N–H and O–H groups in total. The SMILES string of the molecule is N#Cc1cccc(NC(=O)c2scc(-c3ccccc3)c2-n2cccc2)c1. The summed E-state index contributed by atoms with van der Waals surface area (Å²) in [6.07, 6.45) is 3.86. The number of rotatable bonds is 4. The smallest absolute Gasteiger partial charge is 0.267 e. The fourth-order valence-electron chi connectivity index (χ4n) is 2.93. The molecule has 0 aliphatic carbocycles. The van der Waals surface area contributed by atoms with Gasteiger partial charge >= 0.3 is 0 Å². The van der Waals surface area contributed by atoms with Crippen molar-refractivity contribution in [2.24, 2.45) is 0 Å². The lowest BCUT2D eigenvalue weighted by Crippen LogP contribution is -2.13. The minimum absolute atomic E-state index is 0.194. The van der Waals surface area contributed by atoms with Crippen LogP contribution in [0.1, 0.15) is 15.2 Å². The first-order chi connectivity index (χ1) is 13.3. The Labute approximate surface area is 160 Å². The van der Waals surface area contributed by atoms with E-state index in [1.165, 1.54) is 11.3 Å². The molecule has 1 amide bonds. The minimum Gasteiger partial charge on any atom is -0.322 e. The number of nitrogens with zero attached hydrogens (tertiary/aromatic N) is 2. The zero-order valence-corrected chi connectivity index (χ0v) is 15.1. The quantitative estimate of drug-likeness (QED) is 0.528. The molecule has 130 valence electrons. The summed E-state index contributed by atoms with van der Waals surface area (Å²) in [5.41, 5.74) is 4.03. The van der Waals surface area contributed by atoms with Gasteiger partial charge in [-0.3, -0.25) is 4.79 Å². The second-order valence-electron chi connectivity index (χ2n) is 5.93. The maximum absolute atomic E-state index is 13.0. The summed E-state index contributed by atoms with van der Waals surface area (Å²) in [6, 6.07) is 22.9. The van der Waals surface area contributed by atoms with E-state index in [1.807, 2.05) is 64.8 Å². The van der Waals surface area contributed by atoms with Gasteiger partial charge in [0.15, 0.2) is 0 Å². The molecule has 4 nitrogen and oxygen atoms in total. The molecule has 0 atom stereocenters. The molecule has 2 heterocycles. The Balaban J connectivity index is 1.75. The minimum atomic E-state index is -0.194. The zero-order valence-electron chi connectivity index (χ0n) is 14.3. The van der Waals surface area contributed by atoms with Crippen LogP contribution in [-0.4, -0.2) is 10.5 Å². The molecule has 27 heavy (non-hydrogen) atoms. The molecule has 0 aliphatic rings. The highest BCUT2D eigenvalue weighted by atomic mass is 32.1. The number of hydrogen-bond donors (Lipinski definition) is 1. The molecule has 0 aliphatic heterocycles. The van der Waals surface area contributed by atoms with E-state index in [9.17, 15) is 4.79 Å². The molecule has 2 aromatic heterocycles. The highest BCUT2D eigenvalue weighted by molar-refractivity contribution is 7.13. The van der Waals surface area contributed by atoms with Gasteiger partial charge in [-0.25, -0.2) is 0 Å². The van der Waals surface area contributed by atoms with Crippen molar-refractivity contribution in [2.75, 3.05) is 5.32 Å². The lowest BCUT2D eigenvalue weighted by Gasteiger charge is -2.10. The van der Waals surface area contributed by atoms with Gasteiger partial charge in [0, 0.05) is 29.0 Å². The zero-order chi connectivity index (χ0) is 18.6. The lowest BCUT2D eigenvalue weighted by atomic mass is 10.1. The van der Waals surface area contributed by atoms with Crippen molar-refractivity contribution in [3.8, 4) is 22.9 Å². The molecule has 0 unspecified atom stereocenters. The average Bonchev–Trinajstić information content (AvgIpc) is 3.38. The van der Waals surface area contributed by atoms with Crippen molar-refractivity contribution in [2.45, 2.75) is 0 Å². The number of carbonyl (C=O) groups is 1. The van der Waals surface area contributed by atoms with Gasteiger partial charge in [-0.2, -0.15) is 5.26 Å². The van der Waals surface area contributed by atoms with E-state index in [0.717, 1.165) is 16.8 Å². The van der Waals surface area contributed by atoms with Gasteiger partial charge in [-0.05, 0) is 35.9 Å². The van der Waals surface area contributed by atoms with Crippen LogP contribution in [0, 0.1) is 11.3 Å². The number of hydrogen-bond acceptors (Lipinski definition) is 3. The lowest BCUT2D eigenvalue weighted by molar-refractivity contribution is 0.103. The molecule has 4 rings (SSSR count). The molecule has 4 aromatic rings. The largest absolute Gasteiger partial charge is 0.322 e. The Hall–Kier alpha value is -3.62. The van der Waals surface area contributed by atoms with Crippen LogP contribution in [0.15, 0.2) is 84.5 Å². The van der Waals surface area contributed by atoms with Gasteiger partial charge in [0.2, 0.25) is 0 Å². The summed E-state index contributed by atoms with van der Waals surface area (Å²) in [7, 11) is 0. The van der Waals surface area contributed by atoms with E-state index in [-0.39, 0.29) is 5.91 Å². The van der Waals surface area contributed by atoms with Crippen LogP contribution in [0.5, 0.6) is 0 Å². The van der Waals surface area contributed by atoms with E-state index < -0.39 is 0 Å². The van der Waals surface area contributed by atoms with Gasteiger partial charge in [-0.15, -0.1) is 11.3 Å². The molecule has 0 spiro atoms. The summed E-state index contributed by atoms with van der Waals surface area (Å²) in [5, 5.41) is 14.0. The molecule has 5 heteroatoms. The number of nitriles is 1. The first kappa shape index (κ1) is 16.8. The van der Waals surface area contributed by atoms with Crippen LogP contribution in [-0.2, 0) is 0 Å². The monoisotopic (exact) mass is 369 g/mol. The predicted octanol–water partition coefficient (Wildman–Crippen LogP) is 5.33. The molecular weight excluding hydrogens is 354 g/mol. The number of thiophene rings is 1. The fourth-order valence-corrected chi connectivity index (χ4v) is 3.90. The Bertz CT molecular complexity index is 1120. The molecule has 2 aromatic carbocycles. The Morgan fingerprint density at radius 1 is 1.00 bits per heavy atom. The summed E-state index contributed by atoms with van der Waals surface area (Å²) in [5.74, 6) is -0.194. The van der Waals surface area contributed by atoms with Gasteiger partial charge in [0.25, 0.3) is 5.91 Å². The third-order valence-corrected chi connectivity index (χ3v) is 5.14. The standard InChI is InChI=1S/C22H15N3OS/c23-14-16-7-6-10-18(13-16)24-22(26)21-20(25-11-4-5-12-25)19(15-27-21)17-8-2-1-3-9-17/h1-13,15H,(H,24,26). The second kappa shape index (κ2) is 7.32. The number of anilines is 1. The van der Waals surface area contributed by atoms with E-state index in [0.29, 0.717) is 16.1 Å². The van der Waals surface area contributed by atoms with Crippen LogP contribution >= 0.6 is 11.3 Å². The third kappa shape index (κ3) is 3.39. The number of amides is 1. The molecule has 0 fully saturated rings. The van der Waals surface area contributed by atoms with E-state index >= 15 is 0 Å². The van der Waals surface area contributed by atoms with Crippen LogP contribution in [0.25, 0.3) is 16.8 Å². The van der Waals surface area contributed by atoms with Gasteiger partial charge in [0.1, 0.15) is 4.88 Å². The van der Waals surface area contributed by atoms with Crippen molar-refractivity contribution in [1.82, 2.24) is 4.57 Å². The number of nitrogens with one attached hydrogen (secondary N) is 1. The van der Waals surface area contributed by atoms with E-state index in [4.69, 9.17) is 5.26 Å². The van der Waals surface area contributed by atoms with Crippen molar-refractivity contribution in [1.29, 1.82) is 5.26 Å². The maximum Gasteiger partial charge on any atom is 0.267 e. The number of carbonyl (C=O) groups excluding carboxylic acids is 1. The maximum atomic E-state index is 13.0. The van der Waals surface area contributed by atoms with E-state index in [1.54, 1.807) is 24.3 Å². The fraction of sp³-hybridized carbons (Fsp3) is 0.